The molecule has 2 aromatic rings. The van der Waals surface area contributed by atoms with E-state index in [-0.39, 0.29) is 17.6 Å². The molecule has 0 aromatic carbocycles. The molecule has 0 bridgehead atoms. The summed E-state index contributed by atoms with van der Waals surface area (Å²) in [6, 6.07) is 3.91. The number of likely N-dealkylation sites (tertiary alicyclic amines) is 1. The fraction of sp³-hybridized carbons (Fsp3) is 0.650. The van der Waals surface area contributed by atoms with Crippen LogP contribution in [0.5, 0.6) is 0 Å². The van der Waals surface area contributed by atoms with Gasteiger partial charge in [0.15, 0.2) is 5.65 Å². The highest BCUT2D eigenvalue weighted by molar-refractivity contribution is 5.76. The Balaban J connectivity index is 1.66. The summed E-state index contributed by atoms with van der Waals surface area (Å²) in [5, 5.41) is 0. The quantitative estimate of drug-likeness (QED) is 0.828. The van der Waals surface area contributed by atoms with Crippen molar-refractivity contribution in [3.05, 3.63) is 28.8 Å². The Hall–Kier alpha value is -2.11. The summed E-state index contributed by atoms with van der Waals surface area (Å²) in [6.07, 6.45) is 6.60. The van der Waals surface area contributed by atoms with Crippen LogP contribution in [0.2, 0.25) is 0 Å². The molecule has 6 heteroatoms. The number of aromatic nitrogens is 3. The summed E-state index contributed by atoms with van der Waals surface area (Å²) in [7, 11) is 0. The first-order valence-electron chi connectivity index (χ1n) is 9.88. The third kappa shape index (κ3) is 3.29. The number of carbonyl (C=O) groups is 1. The number of piperidine rings is 1. The summed E-state index contributed by atoms with van der Waals surface area (Å²) in [6.45, 7) is 6.34. The van der Waals surface area contributed by atoms with Crippen LogP contribution >= 0.6 is 0 Å². The fourth-order valence-corrected chi connectivity index (χ4v) is 4.04. The maximum atomic E-state index is 13.2. The lowest BCUT2D eigenvalue weighted by molar-refractivity contribution is -0.133. The lowest BCUT2D eigenvalue weighted by Gasteiger charge is -2.33. The molecule has 2 aromatic heterocycles. The molecule has 2 aliphatic rings. The number of pyridine rings is 1. The van der Waals surface area contributed by atoms with Crippen molar-refractivity contribution in [1.82, 2.24) is 19.0 Å². The Kier molecular flexibility index (Phi) is 4.59. The van der Waals surface area contributed by atoms with E-state index in [2.05, 4.69) is 18.8 Å². The van der Waals surface area contributed by atoms with Crippen LogP contribution in [-0.4, -0.2) is 38.0 Å². The number of rotatable bonds is 5. The largest absolute Gasteiger partial charge is 0.341 e. The van der Waals surface area contributed by atoms with E-state index in [9.17, 15) is 9.59 Å². The van der Waals surface area contributed by atoms with Crippen LogP contribution in [0.15, 0.2) is 23.1 Å². The lowest BCUT2D eigenvalue weighted by atomic mass is 10.0. The third-order valence-corrected chi connectivity index (χ3v) is 5.56. The Morgan fingerprint density at radius 3 is 2.85 bits per heavy atom. The molecule has 26 heavy (non-hydrogen) atoms. The van der Waals surface area contributed by atoms with Crippen molar-refractivity contribution < 1.29 is 4.79 Å². The summed E-state index contributed by atoms with van der Waals surface area (Å²) in [4.78, 5) is 32.2. The topological polar surface area (TPSA) is 60.1 Å². The second-order valence-corrected chi connectivity index (χ2v) is 8.29. The number of carbonyl (C=O) groups excluding carboxylic acids is 1. The molecule has 2 fully saturated rings. The molecule has 1 aliphatic carbocycles. The van der Waals surface area contributed by atoms with Gasteiger partial charge < -0.3 is 4.90 Å². The van der Waals surface area contributed by atoms with Gasteiger partial charge in [-0.2, -0.15) is 0 Å². The van der Waals surface area contributed by atoms with Crippen molar-refractivity contribution in [3.63, 3.8) is 0 Å². The van der Waals surface area contributed by atoms with E-state index >= 15 is 0 Å². The van der Waals surface area contributed by atoms with Gasteiger partial charge in [0.2, 0.25) is 5.91 Å². The first-order valence-corrected chi connectivity index (χ1v) is 9.88. The molecule has 1 aliphatic heterocycles. The Bertz CT molecular complexity index is 862. The Morgan fingerprint density at radius 1 is 1.31 bits per heavy atom. The second-order valence-electron chi connectivity index (χ2n) is 8.29. The predicted molar refractivity (Wildman–Crippen MR) is 101 cm³/mol. The van der Waals surface area contributed by atoms with E-state index in [1.807, 2.05) is 26.2 Å². The van der Waals surface area contributed by atoms with Crippen LogP contribution in [-0.2, 0) is 11.3 Å². The summed E-state index contributed by atoms with van der Waals surface area (Å²) < 4.78 is 3.75. The lowest BCUT2D eigenvalue weighted by Crippen LogP contribution is -2.43. The van der Waals surface area contributed by atoms with E-state index in [0.29, 0.717) is 24.8 Å². The van der Waals surface area contributed by atoms with Gasteiger partial charge in [0, 0.05) is 32.3 Å². The summed E-state index contributed by atoms with van der Waals surface area (Å²) in [5.41, 5.74) is 1.73. The van der Waals surface area contributed by atoms with Gasteiger partial charge in [-0.25, -0.2) is 9.78 Å². The van der Waals surface area contributed by atoms with Crippen molar-refractivity contribution in [2.45, 2.75) is 58.5 Å². The monoisotopic (exact) mass is 356 g/mol. The maximum Gasteiger partial charge on any atom is 0.330 e. The molecule has 6 nitrogen and oxygen atoms in total. The van der Waals surface area contributed by atoms with Crippen LogP contribution in [0.3, 0.4) is 0 Å². The molecule has 3 heterocycles. The number of hydrogen-bond acceptors (Lipinski definition) is 3. The van der Waals surface area contributed by atoms with E-state index in [4.69, 9.17) is 0 Å². The summed E-state index contributed by atoms with van der Waals surface area (Å²) >= 11 is 0. The zero-order valence-corrected chi connectivity index (χ0v) is 15.7. The van der Waals surface area contributed by atoms with Gasteiger partial charge >= 0.3 is 5.69 Å². The van der Waals surface area contributed by atoms with Crippen molar-refractivity contribution in [2.24, 2.45) is 11.8 Å². The van der Waals surface area contributed by atoms with Gasteiger partial charge in [0.05, 0.1) is 11.6 Å². The SMILES string of the molecule is CC(C)CC(=O)N1CCC[C@H](n2c(=O)n(CC3CC3)c3cccnc32)C1. The van der Waals surface area contributed by atoms with Crippen molar-refractivity contribution in [1.29, 1.82) is 0 Å². The molecule has 0 radical (unpaired) electrons. The van der Waals surface area contributed by atoms with Gasteiger partial charge in [-0.05, 0) is 49.7 Å². The molecular weight excluding hydrogens is 328 g/mol. The number of hydrogen-bond donors (Lipinski definition) is 0. The molecule has 1 atom stereocenters. The van der Waals surface area contributed by atoms with Gasteiger partial charge in [-0.1, -0.05) is 13.8 Å². The molecule has 4 rings (SSSR count). The molecule has 1 saturated carbocycles. The second kappa shape index (κ2) is 6.89. The standard InChI is InChI=1S/C20H28N4O2/c1-14(2)11-18(25)22-10-4-5-16(13-22)24-19-17(6-3-9-21-19)23(20(24)26)12-15-7-8-15/h3,6,9,14-16H,4-5,7-8,10-13H2,1-2H3/t16-/m0/s1. The fourth-order valence-electron chi connectivity index (χ4n) is 4.04. The van der Waals surface area contributed by atoms with Crippen molar-refractivity contribution >= 4 is 17.1 Å². The van der Waals surface area contributed by atoms with Crippen LogP contribution < -0.4 is 5.69 Å². The van der Waals surface area contributed by atoms with Crippen LogP contribution in [0.25, 0.3) is 11.2 Å². The number of nitrogens with zero attached hydrogens (tertiary/aromatic N) is 4. The van der Waals surface area contributed by atoms with E-state index in [0.717, 1.165) is 37.1 Å². The normalized spacial score (nSPS) is 20.9. The predicted octanol–water partition coefficient (Wildman–Crippen LogP) is 2.82. The number of amides is 1. The Labute approximate surface area is 153 Å². The van der Waals surface area contributed by atoms with Crippen LogP contribution in [0.4, 0.5) is 0 Å². The van der Waals surface area contributed by atoms with Gasteiger partial charge in [-0.15, -0.1) is 0 Å². The van der Waals surface area contributed by atoms with Crippen molar-refractivity contribution in [2.75, 3.05) is 13.1 Å². The molecule has 0 unspecified atom stereocenters. The minimum Gasteiger partial charge on any atom is -0.341 e. The van der Waals surface area contributed by atoms with Crippen LogP contribution in [0, 0.1) is 11.8 Å². The van der Waals surface area contributed by atoms with E-state index in [1.165, 1.54) is 12.8 Å². The van der Waals surface area contributed by atoms with Crippen molar-refractivity contribution in [3.8, 4) is 0 Å². The highest BCUT2D eigenvalue weighted by Gasteiger charge is 2.30. The maximum absolute atomic E-state index is 13.2. The smallest absolute Gasteiger partial charge is 0.330 e. The summed E-state index contributed by atoms with van der Waals surface area (Å²) in [5.74, 6) is 1.18. The first-order chi connectivity index (χ1) is 12.5. The van der Waals surface area contributed by atoms with Crippen LogP contribution in [0.1, 0.15) is 52.0 Å². The third-order valence-electron chi connectivity index (χ3n) is 5.56. The van der Waals surface area contributed by atoms with Gasteiger partial charge in [0.25, 0.3) is 0 Å². The average Bonchev–Trinajstić information content (AvgIpc) is 3.39. The highest BCUT2D eigenvalue weighted by Crippen LogP contribution is 2.32. The molecular formula is C20H28N4O2. The highest BCUT2D eigenvalue weighted by atomic mass is 16.2. The van der Waals surface area contributed by atoms with Gasteiger partial charge in [-0.3, -0.25) is 13.9 Å². The minimum atomic E-state index is 0.0187. The molecule has 1 saturated heterocycles. The first kappa shape index (κ1) is 17.3. The van der Waals surface area contributed by atoms with E-state index in [1.54, 1.807) is 6.20 Å². The average molecular weight is 356 g/mol. The molecule has 0 N–H and O–H groups in total. The number of imidazole rings is 1. The number of fused-ring (bicyclic) bond motifs is 1. The minimum absolute atomic E-state index is 0.0187. The molecule has 0 spiro atoms. The zero-order valence-electron chi connectivity index (χ0n) is 15.7. The molecule has 140 valence electrons. The zero-order chi connectivity index (χ0) is 18.3. The van der Waals surface area contributed by atoms with Gasteiger partial charge in [0.1, 0.15) is 0 Å². The van der Waals surface area contributed by atoms with E-state index < -0.39 is 0 Å². The Morgan fingerprint density at radius 2 is 2.12 bits per heavy atom. The molecule has 1 amide bonds.